The molecule has 2 aliphatic rings. The van der Waals surface area contributed by atoms with Gasteiger partial charge in [-0.2, -0.15) is 0 Å². The maximum atomic E-state index is 15.3. The average molecular weight is 453 g/mol. The van der Waals surface area contributed by atoms with Crippen molar-refractivity contribution in [3.63, 3.8) is 0 Å². The van der Waals surface area contributed by atoms with Crippen molar-refractivity contribution in [1.82, 2.24) is 9.55 Å². The molecule has 0 spiro atoms. The van der Waals surface area contributed by atoms with E-state index in [9.17, 15) is 19.8 Å². The predicted octanol–water partition coefficient (Wildman–Crippen LogP) is 2.98. The van der Waals surface area contributed by atoms with Crippen LogP contribution in [0.2, 0.25) is 0 Å². The number of ether oxygens (including phenoxy) is 1. The summed E-state index contributed by atoms with van der Waals surface area (Å²) in [6, 6.07) is 7.95. The van der Waals surface area contributed by atoms with E-state index in [1.807, 2.05) is 11.0 Å². The number of carbonyl (C=O) groups is 1. The number of aliphatic hydroxyl groups excluding tert-OH is 1. The van der Waals surface area contributed by atoms with Gasteiger partial charge < -0.3 is 24.4 Å². The molecule has 2 fully saturated rings. The minimum atomic E-state index is -1.36. The van der Waals surface area contributed by atoms with E-state index in [0.717, 1.165) is 18.9 Å². The van der Waals surface area contributed by atoms with E-state index < -0.39 is 28.9 Å². The normalized spacial score (nSPS) is 22.4. The molecule has 1 saturated heterocycles. The summed E-state index contributed by atoms with van der Waals surface area (Å²) >= 11 is 0. The summed E-state index contributed by atoms with van der Waals surface area (Å²) in [7, 11) is 0. The van der Waals surface area contributed by atoms with Gasteiger partial charge in [0.25, 0.3) is 0 Å². The van der Waals surface area contributed by atoms with Gasteiger partial charge in [0.15, 0.2) is 0 Å². The smallest absolute Gasteiger partial charge is 0.341 e. The summed E-state index contributed by atoms with van der Waals surface area (Å²) in [5.41, 5.74) is -0.297. The number of halogens is 1. The van der Waals surface area contributed by atoms with E-state index in [2.05, 4.69) is 4.98 Å². The van der Waals surface area contributed by atoms with Crippen LogP contribution >= 0.6 is 0 Å². The molecule has 3 aromatic rings. The maximum absolute atomic E-state index is 15.3. The number of anilines is 1. The van der Waals surface area contributed by atoms with Gasteiger partial charge in [0.2, 0.25) is 11.3 Å². The van der Waals surface area contributed by atoms with Crippen LogP contribution in [0.4, 0.5) is 10.1 Å². The number of carboxylic acid groups (broad SMARTS) is 1. The Morgan fingerprint density at radius 1 is 1.27 bits per heavy atom. The van der Waals surface area contributed by atoms with Crippen LogP contribution in [0.1, 0.15) is 42.1 Å². The molecule has 0 amide bonds. The van der Waals surface area contributed by atoms with Crippen LogP contribution in [0.5, 0.6) is 5.88 Å². The molecule has 1 aromatic carbocycles. The number of nitrogens with zero attached hydrogens (tertiary/aromatic N) is 3. The van der Waals surface area contributed by atoms with Gasteiger partial charge in [0, 0.05) is 36.4 Å². The number of rotatable bonds is 6. The third kappa shape index (κ3) is 3.93. The second kappa shape index (κ2) is 8.47. The summed E-state index contributed by atoms with van der Waals surface area (Å²) in [6.45, 7) is 0.978. The Morgan fingerprint density at radius 3 is 2.79 bits per heavy atom. The zero-order valence-corrected chi connectivity index (χ0v) is 17.9. The van der Waals surface area contributed by atoms with Gasteiger partial charge in [-0.1, -0.05) is 6.07 Å². The number of aliphatic hydroxyl groups is 1. The summed E-state index contributed by atoms with van der Waals surface area (Å²) in [5.74, 6) is -1.43. The van der Waals surface area contributed by atoms with Gasteiger partial charge in [-0.3, -0.25) is 4.79 Å². The van der Waals surface area contributed by atoms with Crippen molar-refractivity contribution in [2.45, 2.75) is 43.9 Å². The van der Waals surface area contributed by atoms with Crippen molar-refractivity contribution < 1.29 is 24.1 Å². The molecule has 8 nitrogen and oxygen atoms in total. The van der Waals surface area contributed by atoms with Crippen molar-refractivity contribution >= 4 is 22.6 Å². The van der Waals surface area contributed by atoms with Crippen molar-refractivity contribution in [2.75, 3.05) is 18.1 Å². The summed E-state index contributed by atoms with van der Waals surface area (Å²) in [5, 5.41) is 19.3. The summed E-state index contributed by atoms with van der Waals surface area (Å²) in [4.78, 5) is 30.5. The first-order valence-corrected chi connectivity index (χ1v) is 11.0. The number of aromatic carboxylic acids is 1. The Kier molecular flexibility index (Phi) is 5.49. The van der Waals surface area contributed by atoms with E-state index in [1.165, 1.54) is 6.20 Å². The fourth-order valence-electron chi connectivity index (χ4n) is 4.76. The van der Waals surface area contributed by atoms with E-state index in [4.69, 9.17) is 4.74 Å². The molecule has 1 atom stereocenters. The molecule has 2 N–H and O–H groups in total. The van der Waals surface area contributed by atoms with Crippen LogP contribution in [0.3, 0.4) is 0 Å². The highest BCUT2D eigenvalue weighted by Gasteiger charge is 2.32. The highest BCUT2D eigenvalue weighted by Crippen LogP contribution is 2.37. The van der Waals surface area contributed by atoms with Crippen LogP contribution in [-0.4, -0.2) is 51.0 Å². The molecule has 9 heteroatoms. The number of hydrogen-bond donors (Lipinski definition) is 2. The standard InChI is InChI=1S/C24H24FN3O5/c25-19-10-17-20(28(15-8-16(29)9-15)12-18(23(17)30)24(31)32)11-21(19)27-7-3-4-14(27)13-33-22-5-1-2-6-26-22/h1-2,5-6,10-12,14-16,29H,3-4,7-9,13H2,(H,31,32)/t14-,15?,16?/m1/s1. The molecule has 1 saturated carbocycles. The van der Waals surface area contributed by atoms with Gasteiger partial charge in [-0.25, -0.2) is 14.2 Å². The predicted molar refractivity (Wildman–Crippen MR) is 120 cm³/mol. The third-order valence-electron chi connectivity index (χ3n) is 6.56. The quantitative estimate of drug-likeness (QED) is 0.591. The fourth-order valence-corrected chi connectivity index (χ4v) is 4.76. The SMILES string of the molecule is O=C(O)c1cn(C2CC(O)C2)c2cc(N3CCC[C@@H]3COc3ccccn3)c(F)cc2c1=O. The van der Waals surface area contributed by atoms with E-state index >= 15 is 4.39 Å². The summed E-state index contributed by atoms with van der Waals surface area (Å²) in [6.07, 6.45) is 5.09. The Morgan fingerprint density at radius 2 is 2.09 bits per heavy atom. The van der Waals surface area contributed by atoms with E-state index in [1.54, 1.807) is 29.0 Å². The zero-order chi connectivity index (χ0) is 23.1. The molecular formula is C24H24FN3O5. The lowest BCUT2D eigenvalue weighted by atomic mass is 9.88. The van der Waals surface area contributed by atoms with Crippen molar-refractivity contribution in [2.24, 2.45) is 0 Å². The Hall–Kier alpha value is -3.46. The van der Waals surface area contributed by atoms with Crippen LogP contribution in [0, 0.1) is 5.82 Å². The number of pyridine rings is 2. The topological polar surface area (TPSA) is 105 Å². The number of benzene rings is 1. The van der Waals surface area contributed by atoms with Gasteiger partial charge in [-0.15, -0.1) is 0 Å². The molecule has 172 valence electrons. The average Bonchev–Trinajstić information content (AvgIpc) is 3.25. The Labute approximate surface area is 188 Å². The lowest BCUT2D eigenvalue weighted by molar-refractivity contribution is 0.0498. The second-order valence-electron chi connectivity index (χ2n) is 8.65. The minimum absolute atomic E-state index is 0.0259. The number of aromatic nitrogens is 2. The highest BCUT2D eigenvalue weighted by atomic mass is 19.1. The van der Waals surface area contributed by atoms with Crippen molar-refractivity contribution in [1.29, 1.82) is 0 Å². The van der Waals surface area contributed by atoms with Gasteiger partial charge in [-0.05, 0) is 43.9 Å². The molecule has 0 unspecified atom stereocenters. The van der Waals surface area contributed by atoms with E-state index in [0.29, 0.717) is 43.1 Å². The van der Waals surface area contributed by atoms with Crippen LogP contribution in [0.15, 0.2) is 47.5 Å². The zero-order valence-electron chi connectivity index (χ0n) is 17.9. The maximum Gasteiger partial charge on any atom is 0.341 e. The van der Waals surface area contributed by atoms with Crippen molar-refractivity contribution in [3.05, 3.63) is 64.3 Å². The number of fused-ring (bicyclic) bond motifs is 1. The molecule has 3 heterocycles. The fraction of sp³-hybridized carbons (Fsp3) is 0.375. The van der Waals surface area contributed by atoms with Gasteiger partial charge in [0.05, 0.1) is 23.3 Å². The second-order valence-corrected chi connectivity index (χ2v) is 8.65. The molecule has 0 radical (unpaired) electrons. The van der Waals surface area contributed by atoms with E-state index in [-0.39, 0.29) is 17.5 Å². The monoisotopic (exact) mass is 453 g/mol. The molecule has 1 aliphatic carbocycles. The largest absolute Gasteiger partial charge is 0.477 e. The number of hydrogen-bond acceptors (Lipinski definition) is 6. The van der Waals surface area contributed by atoms with Crippen molar-refractivity contribution in [3.8, 4) is 5.88 Å². The van der Waals surface area contributed by atoms with Crippen LogP contribution in [0.25, 0.3) is 10.9 Å². The van der Waals surface area contributed by atoms with Gasteiger partial charge in [0.1, 0.15) is 18.0 Å². The lowest BCUT2D eigenvalue weighted by Crippen LogP contribution is -2.35. The number of carboxylic acids is 1. The molecule has 0 bridgehead atoms. The molecule has 33 heavy (non-hydrogen) atoms. The molecular weight excluding hydrogens is 429 g/mol. The molecule has 2 aromatic heterocycles. The Balaban J connectivity index is 1.54. The lowest BCUT2D eigenvalue weighted by Gasteiger charge is -2.35. The molecule has 5 rings (SSSR count). The summed E-state index contributed by atoms with van der Waals surface area (Å²) < 4.78 is 22.8. The van der Waals surface area contributed by atoms with Crippen LogP contribution < -0.4 is 15.1 Å². The Bertz CT molecular complexity index is 1260. The van der Waals surface area contributed by atoms with Gasteiger partial charge >= 0.3 is 5.97 Å². The van der Waals surface area contributed by atoms with Crippen LogP contribution in [-0.2, 0) is 0 Å². The molecule has 1 aliphatic heterocycles. The first-order chi connectivity index (χ1) is 15.9. The first-order valence-electron chi connectivity index (χ1n) is 11.0. The third-order valence-corrected chi connectivity index (χ3v) is 6.56. The highest BCUT2D eigenvalue weighted by molar-refractivity contribution is 5.93. The first kappa shape index (κ1) is 21.4. The minimum Gasteiger partial charge on any atom is -0.477 e.